The molecule has 0 spiro atoms. The number of nitrogens with zero attached hydrogens (tertiary/aromatic N) is 3. The van der Waals surface area contributed by atoms with Crippen molar-refractivity contribution < 1.29 is 4.74 Å². The van der Waals surface area contributed by atoms with E-state index in [4.69, 9.17) is 16.3 Å². The summed E-state index contributed by atoms with van der Waals surface area (Å²) in [7, 11) is 1.66. The zero-order valence-corrected chi connectivity index (χ0v) is 17.7. The van der Waals surface area contributed by atoms with Crippen molar-refractivity contribution in [2.24, 2.45) is 0 Å². The van der Waals surface area contributed by atoms with Crippen molar-refractivity contribution in [1.82, 2.24) is 14.8 Å². The summed E-state index contributed by atoms with van der Waals surface area (Å²) in [6.07, 6.45) is 0. The molecule has 0 bridgehead atoms. The maximum Gasteiger partial charge on any atom is 0.196 e. The summed E-state index contributed by atoms with van der Waals surface area (Å²) in [5.74, 6) is 2.35. The van der Waals surface area contributed by atoms with E-state index in [1.54, 1.807) is 18.9 Å². The molecule has 0 aliphatic rings. The van der Waals surface area contributed by atoms with Crippen molar-refractivity contribution in [3.05, 3.63) is 88.9 Å². The third kappa shape index (κ3) is 4.47. The van der Waals surface area contributed by atoms with Crippen LogP contribution < -0.4 is 4.74 Å². The Morgan fingerprint density at radius 3 is 2.45 bits per heavy atom. The van der Waals surface area contributed by atoms with Crippen molar-refractivity contribution in [3.8, 4) is 22.8 Å². The number of aromatic nitrogens is 3. The fraction of sp³-hybridized carbons (Fsp3) is 0.130. The zero-order valence-electron chi connectivity index (χ0n) is 16.2. The van der Waals surface area contributed by atoms with Gasteiger partial charge in [-0.25, -0.2) is 0 Å². The van der Waals surface area contributed by atoms with Crippen molar-refractivity contribution in [2.45, 2.75) is 17.8 Å². The van der Waals surface area contributed by atoms with E-state index in [0.29, 0.717) is 5.02 Å². The molecule has 6 heteroatoms. The smallest absolute Gasteiger partial charge is 0.196 e. The lowest BCUT2D eigenvalue weighted by Crippen LogP contribution is -2.00. The second-order valence-corrected chi connectivity index (χ2v) is 8.00. The third-order valence-electron chi connectivity index (χ3n) is 4.53. The van der Waals surface area contributed by atoms with Gasteiger partial charge >= 0.3 is 0 Å². The molecule has 0 radical (unpaired) electrons. The maximum absolute atomic E-state index is 6.10. The molecule has 4 aromatic rings. The summed E-state index contributed by atoms with van der Waals surface area (Å²) >= 11 is 7.76. The number of methoxy groups -OCH3 is 1. The highest BCUT2D eigenvalue weighted by atomic mass is 35.5. The number of hydrogen-bond donors (Lipinski definition) is 0. The van der Waals surface area contributed by atoms with E-state index in [2.05, 4.69) is 46.0 Å². The first-order valence-corrected chi connectivity index (χ1v) is 10.5. The SMILES string of the molecule is COc1cccc(-c2nnc(SCc3ccc(C)cc3)n2-c2ccc(Cl)cc2)c1. The molecule has 146 valence electrons. The first kappa shape index (κ1) is 19.6. The minimum atomic E-state index is 0.693. The van der Waals surface area contributed by atoms with Crippen molar-refractivity contribution in [2.75, 3.05) is 7.11 Å². The number of hydrogen-bond acceptors (Lipinski definition) is 4. The Balaban J connectivity index is 1.73. The van der Waals surface area contributed by atoms with E-state index < -0.39 is 0 Å². The van der Waals surface area contributed by atoms with E-state index >= 15 is 0 Å². The molecular formula is C23H20ClN3OS. The van der Waals surface area contributed by atoms with Crippen molar-refractivity contribution >= 4 is 23.4 Å². The van der Waals surface area contributed by atoms with Gasteiger partial charge < -0.3 is 4.74 Å². The lowest BCUT2D eigenvalue weighted by atomic mass is 10.2. The Morgan fingerprint density at radius 2 is 1.72 bits per heavy atom. The van der Waals surface area contributed by atoms with Crippen LogP contribution in [-0.2, 0) is 5.75 Å². The highest BCUT2D eigenvalue weighted by Crippen LogP contribution is 2.31. The Morgan fingerprint density at radius 1 is 0.966 bits per heavy atom. The van der Waals surface area contributed by atoms with Gasteiger partial charge in [0.1, 0.15) is 5.75 Å². The summed E-state index contributed by atoms with van der Waals surface area (Å²) in [5, 5.41) is 10.5. The molecule has 29 heavy (non-hydrogen) atoms. The van der Waals surface area contributed by atoms with Crippen LogP contribution in [0.15, 0.2) is 78.0 Å². The van der Waals surface area contributed by atoms with Crippen LogP contribution in [0.3, 0.4) is 0 Å². The molecule has 0 saturated carbocycles. The van der Waals surface area contributed by atoms with E-state index in [1.807, 2.05) is 48.5 Å². The quantitative estimate of drug-likeness (QED) is 0.347. The van der Waals surface area contributed by atoms with Gasteiger partial charge in [0.05, 0.1) is 7.11 Å². The molecule has 0 atom stereocenters. The topological polar surface area (TPSA) is 39.9 Å². The average molecular weight is 422 g/mol. The molecule has 0 fully saturated rings. The summed E-state index contributed by atoms with van der Waals surface area (Å²) in [6, 6.07) is 24.1. The van der Waals surface area contributed by atoms with Gasteiger partial charge in [-0.3, -0.25) is 4.57 Å². The predicted molar refractivity (Wildman–Crippen MR) is 119 cm³/mol. The number of benzene rings is 3. The standard InChI is InChI=1S/C23H20ClN3OS/c1-16-6-8-17(9-7-16)15-29-23-26-25-22(18-4-3-5-21(14-18)28-2)27(23)20-12-10-19(24)11-13-20/h3-14H,15H2,1-2H3. The molecule has 3 aromatic carbocycles. The fourth-order valence-electron chi connectivity index (χ4n) is 2.97. The largest absolute Gasteiger partial charge is 0.497 e. The fourth-order valence-corrected chi connectivity index (χ4v) is 4.00. The second-order valence-electron chi connectivity index (χ2n) is 6.62. The van der Waals surface area contributed by atoms with E-state index in [0.717, 1.165) is 33.7 Å². The second kappa shape index (κ2) is 8.72. The van der Waals surface area contributed by atoms with Gasteiger partial charge in [0.15, 0.2) is 11.0 Å². The van der Waals surface area contributed by atoms with E-state index in [1.165, 1.54) is 11.1 Å². The van der Waals surface area contributed by atoms with Crippen LogP contribution in [0.5, 0.6) is 5.75 Å². The van der Waals surface area contributed by atoms with Gasteiger partial charge in [-0.1, -0.05) is 65.3 Å². The summed E-state index contributed by atoms with van der Waals surface area (Å²) < 4.78 is 7.44. The number of aryl methyl sites for hydroxylation is 1. The van der Waals surface area contributed by atoms with Crippen LogP contribution in [-0.4, -0.2) is 21.9 Å². The van der Waals surface area contributed by atoms with Crippen LogP contribution in [0.25, 0.3) is 17.1 Å². The van der Waals surface area contributed by atoms with E-state index in [9.17, 15) is 0 Å². The number of ether oxygens (including phenoxy) is 1. The van der Waals surface area contributed by atoms with Gasteiger partial charge in [0.2, 0.25) is 0 Å². The molecule has 0 saturated heterocycles. The summed E-state index contributed by atoms with van der Waals surface area (Å²) in [5.41, 5.74) is 4.40. The summed E-state index contributed by atoms with van der Waals surface area (Å²) in [6.45, 7) is 2.09. The lowest BCUT2D eigenvalue weighted by Gasteiger charge is -2.11. The molecule has 0 N–H and O–H groups in total. The molecule has 4 rings (SSSR count). The van der Waals surface area contributed by atoms with Crippen molar-refractivity contribution in [3.63, 3.8) is 0 Å². The minimum Gasteiger partial charge on any atom is -0.497 e. The molecule has 0 unspecified atom stereocenters. The molecule has 4 nitrogen and oxygen atoms in total. The first-order valence-electron chi connectivity index (χ1n) is 9.18. The van der Waals surface area contributed by atoms with Crippen LogP contribution in [0, 0.1) is 6.92 Å². The van der Waals surface area contributed by atoms with Gasteiger partial charge in [-0.2, -0.15) is 0 Å². The van der Waals surface area contributed by atoms with Crippen LogP contribution >= 0.6 is 23.4 Å². The van der Waals surface area contributed by atoms with Crippen LogP contribution in [0.1, 0.15) is 11.1 Å². The molecule has 0 aliphatic heterocycles. The van der Waals surface area contributed by atoms with Crippen molar-refractivity contribution in [1.29, 1.82) is 0 Å². The Bertz CT molecular complexity index is 1110. The van der Waals surface area contributed by atoms with E-state index in [-0.39, 0.29) is 0 Å². The monoisotopic (exact) mass is 421 g/mol. The number of halogens is 1. The highest BCUT2D eigenvalue weighted by molar-refractivity contribution is 7.98. The molecule has 1 aromatic heterocycles. The Hall–Kier alpha value is -2.76. The zero-order chi connectivity index (χ0) is 20.2. The maximum atomic E-state index is 6.10. The Labute approximate surface area is 179 Å². The lowest BCUT2D eigenvalue weighted by molar-refractivity contribution is 0.415. The molecule has 1 heterocycles. The molecule has 0 aliphatic carbocycles. The normalized spacial score (nSPS) is 10.9. The van der Waals surface area contributed by atoms with Crippen LogP contribution in [0.4, 0.5) is 0 Å². The number of thioether (sulfide) groups is 1. The highest BCUT2D eigenvalue weighted by Gasteiger charge is 2.17. The van der Waals surface area contributed by atoms with Gasteiger partial charge in [0.25, 0.3) is 0 Å². The average Bonchev–Trinajstić information content (AvgIpc) is 3.18. The molecular weight excluding hydrogens is 402 g/mol. The number of rotatable bonds is 6. The predicted octanol–water partition coefficient (Wildman–Crippen LogP) is 6.20. The van der Waals surface area contributed by atoms with Crippen LogP contribution in [0.2, 0.25) is 5.02 Å². The van der Waals surface area contributed by atoms with Gasteiger partial charge in [0, 0.05) is 22.0 Å². The van der Waals surface area contributed by atoms with Gasteiger partial charge in [-0.15, -0.1) is 10.2 Å². The summed E-state index contributed by atoms with van der Waals surface area (Å²) in [4.78, 5) is 0. The third-order valence-corrected chi connectivity index (χ3v) is 5.79. The Kier molecular flexibility index (Phi) is 5.88. The minimum absolute atomic E-state index is 0.693. The van der Waals surface area contributed by atoms with Gasteiger partial charge in [-0.05, 0) is 48.9 Å². The first-order chi connectivity index (χ1) is 14.1. The molecule has 0 amide bonds.